The van der Waals surface area contributed by atoms with E-state index < -0.39 is 11.9 Å². The number of aryl methyl sites for hydroxylation is 1. The summed E-state index contributed by atoms with van der Waals surface area (Å²) in [5, 5.41) is 8.96. The maximum Gasteiger partial charge on any atom is 0.308 e. The molecule has 1 aromatic rings. The third-order valence-corrected chi connectivity index (χ3v) is 3.56. The predicted molar refractivity (Wildman–Crippen MR) is 69.2 cm³/mol. The van der Waals surface area contributed by atoms with Crippen LogP contribution in [-0.4, -0.2) is 35.0 Å². The van der Waals surface area contributed by atoms with Crippen molar-refractivity contribution < 1.29 is 19.1 Å². The van der Waals surface area contributed by atoms with Crippen LogP contribution in [0.2, 0.25) is 0 Å². The third kappa shape index (κ3) is 2.64. The van der Waals surface area contributed by atoms with Crippen molar-refractivity contribution in [1.82, 2.24) is 4.90 Å². The van der Waals surface area contributed by atoms with Gasteiger partial charge in [0.25, 0.3) is 5.91 Å². The van der Waals surface area contributed by atoms with Crippen molar-refractivity contribution in [2.45, 2.75) is 33.1 Å². The molecule has 5 heteroatoms. The van der Waals surface area contributed by atoms with E-state index in [1.54, 1.807) is 17.9 Å². The smallest absolute Gasteiger partial charge is 0.308 e. The summed E-state index contributed by atoms with van der Waals surface area (Å²) < 4.78 is 5.57. The molecule has 0 saturated carbocycles. The van der Waals surface area contributed by atoms with Crippen LogP contribution >= 0.6 is 0 Å². The summed E-state index contributed by atoms with van der Waals surface area (Å²) in [5.41, 5.74) is 0.551. The molecule has 0 aliphatic carbocycles. The fourth-order valence-corrected chi connectivity index (χ4v) is 2.32. The van der Waals surface area contributed by atoms with Crippen LogP contribution in [0.1, 0.15) is 48.1 Å². The number of amides is 1. The summed E-state index contributed by atoms with van der Waals surface area (Å²) in [6.45, 7) is 6.56. The van der Waals surface area contributed by atoms with E-state index >= 15 is 0 Å². The van der Waals surface area contributed by atoms with Gasteiger partial charge in [0.1, 0.15) is 11.5 Å². The first kappa shape index (κ1) is 13.6. The standard InChI is InChI=1S/C14H19NO4/c1-8(2)12-6-11(9(3)19-12)13(16)15-5-4-10(7-15)14(17)18/h6,8,10H,4-5,7H2,1-3H3,(H,17,18). The largest absolute Gasteiger partial charge is 0.481 e. The second kappa shape index (κ2) is 5.07. The SMILES string of the molecule is Cc1oc(C(C)C)cc1C(=O)N1CCC(C(=O)O)C1. The second-order valence-corrected chi connectivity index (χ2v) is 5.35. The maximum atomic E-state index is 12.3. The van der Waals surface area contributed by atoms with E-state index in [0.29, 0.717) is 24.3 Å². The molecule has 1 aliphatic rings. The number of hydrogen-bond donors (Lipinski definition) is 1. The van der Waals surface area contributed by atoms with E-state index in [1.165, 1.54) is 0 Å². The molecule has 2 heterocycles. The van der Waals surface area contributed by atoms with Gasteiger partial charge in [-0.05, 0) is 19.4 Å². The van der Waals surface area contributed by atoms with Crippen LogP contribution in [0.3, 0.4) is 0 Å². The van der Waals surface area contributed by atoms with Crippen molar-refractivity contribution in [2.75, 3.05) is 13.1 Å². The lowest BCUT2D eigenvalue weighted by molar-refractivity contribution is -0.141. The van der Waals surface area contributed by atoms with Gasteiger partial charge in [-0.25, -0.2) is 0 Å². The number of carbonyl (C=O) groups is 2. The first-order valence-electron chi connectivity index (χ1n) is 6.52. The molecule has 19 heavy (non-hydrogen) atoms. The molecule has 0 aromatic carbocycles. The number of carbonyl (C=O) groups excluding carboxylic acids is 1. The Balaban J connectivity index is 2.14. The number of hydrogen-bond acceptors (Lipinski definition) is 3. The molecule has 1 aromatic heterocycles. The van der Waals surface area contributed by atoms with Gasteiger partial charge in [-0.1, -0.05) is 13.8 Å². The number of aliphatic carboxylic acids is 1. The van der Waals surface area contributed by atoms with E-state index in [1.807, 2.05) is 13.8 Å². The first-order valence-corrected chi connectivity index (χ1v) is 6.52. The highest BCUT2D eigenvalue weighted by Gasteiger charge is 2.32. The van der Waals surface area contributed by atoms with E-state index in [4.69, 9.17) is 9.52 Å². The highest BCUT2D eigenvalue weighted by atomic mass is 16.4. The van der Waals surface area contributed by atoms with Gasteiger partial charge in [-0.3, -0.25) is 9.59 Å². The highest BCUT2D eigenvalue weighted by Crippen LogP contribution is 2.25. The molecule has 5 nitrogen and oxygen atoms in total. The van der Waals surface area contributed by atoms with Crippen molar-refractivity contribution in [3.63, 3.8) is 0 Å². The molecule has 0 radical (unpaired) electrons. The molecule has 1 atom stereocenters. The minimum atomic E-state index is -0.831. The first-order chi connectivity index (χ1) is 8.90. The van der Waals surface area contributed by atoms with Crippen molar-refractivity contribution in [3.05, 3.63) is 23.2 Å². The fourth-order valence-electron chi connectivity index (χ4n) is 2.32. The van der Waals surface area contributed by atoms with Crippen LogP contribution in [0.5, 0.6) is 0 Å². The summed E-state index contributed by atoms with van der Waals surface area (Å²) in [6, 6.07) is 1.77. The summed E-state index contributed by atoms with van der Waals surface area (Å²) in [4.78, 5) is 24.9. The molecule has 2 rings (SSSR count). The summed E-state index contributed by atoms with van der Waals surface area (Å²) in [7, 11) is 0. The molecular formula is C14H19NO4. The number of carboxylic acid groups (broad SMARTS) is 1. The topological polar surface area (TPSA) is 70.8 Å². The summed E-state index contributed by atoms with van der Waals surface area (Å²) in [6.07, 6.45) is 0.523. The zero-order valence-corrected chi connectivity index (χ0v) is 11.5. The van der Waals surface area contributed by atoms with Gasteiger partial charge < -0.3 is 14.4 Å². The molecule has 1 fully saturated rings. The summed E-state index contributed by atoms with van der Waals surface area (Å²) >= 11 is 0. The van der Waals surface area contributed by atoms with Gasteiger partial charge in [-0.15, -0.1) is 0 Å². The molecule has 1 saturated heterocycles. The van der Waals surface area contributed by atoms with E-state index in [0.717, 1.165) is 5.76 Å². The molecule has 104 valence electrons. The monoisotopic (exact) mass is 265 g/mol. The lowest BCUT2D eigenvalue weighted by Gasteiger charge is -2.14. The molecule has 1 aliphatic heterocycles. The van der Waals surface area contributed by atoms with Gasteiger partial charge in [0, 0.05) is 19.0 Å². The van der Waals surface area contributed by atoms with E-state index in [-0.39, 0.29) is 18.4 Å². The van der Waals surface area contributed by atoms with Gasteiger partial charge in [-0.2, -0.15) is 0 Å². The van der Waals surface area contributed by atoms with E-state index in [2.05, 4.69) is 0 Å². The Labute approximate surface area is 112 Å². The number of carboxylic acids is 1. The lowest BCUT2D eigenvalue weighted by atomic mass is 10.1. The minimum Gasteiger partial charge on any atom is -0.481 e. The van der Waals surface area contributed by atoms with Crippen molar-refractivity contribution >= 4 is 11.9 Å². The zero-order chi connectivity index (χ0) is 14.2. The Bertz CT molecular complexity index is 504. The van der Waals surface area contributed by atoms with Crippen molar-refractivity contribution in [1.29, 1.82) is 0 Å². The van der Waals surface area contributed by atoms with Gasteiger partial charge >= 0.3 is 5.97 Å². The molecule has 1 amide bonds. The number of likely N-dealkylation sites (tertiary alicyclic amines) is 1. The Kier molecular flexibility index (Phi) is 3.64. The molecule has 1 unspecified atom stereocenters. The maximum absolute atomic E-state index is 12.3. The van der Waals surface area contributed by atoms with Gasteiger partial charge in [0.2, 0.25) is 0 Å². The molecule has 1 N–H and O–H groups in total. The zero-order valence-electron chi connectivity index (χ0n) is 11.5. The van der Waals surface area contributed by atoms with Crippen LogP contribution < -0.4 is 0 Å². The molecular weight excluding hydrogens is 246 g/mol. The number of nitrogens with zero attached hydrogens (tertiary/aromatic N) is 1. The Morgan fingerprint density at radius 1 is 1.47 bits per heavy atom. The minimum absolute atomic E-state index is 0.128. The fraction of sp³-hybridized carbons (Fsp3) is 0.571. The normalized spacial score (nSPS) is 19.2. The number of furan rings is 1. The number of rotatable bonds is 3. The molecule has 0 bridgehead atoms. The Morgan fingerprint density at radius 2 is 2.16 bits per heavy atom. The third-order valence-electron chi connectivity index (χ3n) is 3.56. The van der Waals surface area contributed by atoms with Crippen LogP contribution in [0.15, 0.2) is 10.5 Å². The van der Waals surface area contributed by atoms with Crippen molar-refractivity contribution in [3.8, 4) is 0 Å². The average Bonchev–Trinajstić information content (AvgIpc) is 2.94. The lowest BCUT2D eigenvalue weighted by Crippen LogP contribution is -2.30. The van der Waals surface area contributed by atoms with Crippen LogP contribution in [-0.2, 0) is 4.79 Å². The molecule has 0 spiro atoms. The van der Waals surface area contributed by atoms with Crippen LogP contribution in [0.4, 0.5) is 0 Å². The van der Waals surface area contributed by atoms with Gasteiger partial charge in [0.05, 0.1) is 11.5 Å². The Hall–Kier alpha value is -1.78. The van der Waals surface area contributed by atoms with Crippen molar-refractivity contribution in [2.24, 2.45) is 5.92 Å². The van der Waals surface area contributed by atoms with Crippen LogP contribution in [0, 0.1) is 12.8 Å². The summed E-state index contributed by atoms with van der Waals surface area (Å²) in [5.74, 6) is 0.215. The highest BCUT2D eigenvalue weighted by molar-refractivity contribution is 5.95. The van der Waals surface area contributed by atoms with Gasteiger partial charge in [0.15, 0.2) is 0 Å². The average molecular weight is 265 g/mol. The second-order valence-electron chi connectivity index (χ2n) is 5.35. The quantitative estimate of drug-likeness (QED) is 0.910. The van der Waals surface area contributed by atoms with Crippen LogP contribution in [0.25, 0.3) is 0 Å². The van der Waals surface area contributed by atoms with E-state index in [9.17, 15) is 9.59 Å². The predicted octanol–water partition coefficient (Wildman–Crippen LogP) is 2.26. The Morgan fingerprint density at radius 3 is 2.63 bits per heavy atom.